The lowest BCUT2D eigenvalue weighted by molar-refractivity contribution is -0.384. The molecule has 0 aromatic heterocycles. The number of non-ortho nitro benzene ring substituents is 1. The van der Waals surface area contributed by atoms with Crippen LogP contribution in [0.5, 0.6) is 17.2 Å². The SMILES string of the molecule is COc1cc(O)cc(OC)c1[C@H]1C2=CC[C@@H]3C(=O)N(c4cccc([N+](=O)[O-])c4)C(=O)[C@@H]3[C@@H]2C[C@H]2C(=O)N(Nc3ccc(F)cc3)C(=O)[C@@]12c1ccc(Cl)cc1. The topological polar surface area (TPSA) is 169 Å². The van der Waals surface area contributed by atoms with Crippen molar-refractivity contribution in [3.63, 3.8) is 0 Å². The second kappa shape index (κ2) is 13.2. The number of hydrazine groups is 1. The molecule has 3 fully saturated rings. The molecule has 8 rings (SSSR count). The third-order valence-electron chi connectivity index (χ3n) is 11.4. The highest BCUT2D eigenvalue weighted by molar-refractivity contribution is 6.30. The number of phenols is 1. The molecule has 2 aliphatic heterocycles. The van der Waals surface area contributed by atoms with Crippen LogP contribution in [0.1, 0.15) is 29.9 Å². The fraction of sp³-hybridized carbons (Fsp3) is 0.250. The van der Waals surface area contributed by atoms with Gasteiger partial charge in [-0.2, -0.15) is 5.01 Å². The Hall–Kier alpha value is -6.28. The number of phenolic OH excluding ortho intramolecular Hbond substituents is 1. The Labute approximate surface area is 318 Å². The van der Waals surface area contributed by atoms with Crippen molar-refractivity contribution in [3.8, 4) is 17.2 Å². The number of aromatic hydroxyl groups is 1. The van der Waals surface area contributed by atoms with Crippen LogP contribution in [0, 0.1) is 39.6 Å². The number of halogens is 2. The van der Waals surface area contributed by atoms with Crippen molar-refractivity contribution >= 4 is 52.3 Å². The lowest BCUT2D eigenvalue weighted by atomic mass is 9.49. The Bertz CT molecular complexity index is 2310. The molecule has 4 aromatic rings. The van der Waals surface area contributed by atoms with E-state index >= 15 is 4.79 Å². The fourth-order valence-corrected chi connectivity index (χ4v) is 9.30. The molecule has 1 saturated carbocycles. The van der Waals surface area contributed by atoms with Gasteiger partial charge in [-0.3, -0.25) is 34.7 Å². The molecular formula is C40H32ClFN4O9. The minimum atomic E-state index is -1.74. The molecule has 2 aliphatic carbocycles. The zero-order valence-electron chi connectivity index (χ0n) is 29.3. The van der Waals surface area contributed by atoms with E-state index in [1.54, 1.807) is 24.3 Å². The zero-order chi connectivity index (χ0) is 38.9. The number of imide groups is 2. The van der Waals surface area contributed by atoms with Crippen LogP contribution in [0.4, 0.5) is 21.5 Å². The van der Waals surface area contributed by atoms with Gasteiger partial charge in [0.15, 0.2) is 0 Å². The van der Waals surface area contributed by atoms with E-state index in [0.29, 0.717) is 21.7 Å². The number of anilines is 2. The van der Waals surface area contributed by atoms with Crippen molar-refractivity contribution in [2.75, 3.05) is 24.5 Å². The van der Waals surface area contributed by atoms with Crippen molar-refractivity contribution in [1.82, 2.24) is 5.01 Å². The van der Waals surface area contributed by atoms with Gasteiger partial charge in [-0.1, -0.05) is 41.4 Å². The molecule has 0 radical (unpaired) electrons. The Morgan fingerprint density at radius 2 is 1.58 bits per heavy atom. The summed E-state index contributed by atoms with van der Waals surface area (Å²) in [7, 11) is 2.77. The predicted octanol–water partition coefficient (Wildman–Crippen LogP) is 6.30. The van der Waals surface area contributed by atoms with Gasteiger partial charge in [0.1, 0.15) is 23.1 Å². The average molecular weight is 767 g/mol. The van der Waals surface area contributed by atoms with Crippen LogP contribution in [0.25, 0.3) is 0 Å². The first-order valence-corrected chi connectivity index (χ1v) is 17.7. The summed E-state index contributed by atoms with van der Waals surface area (Å²) in [5, 5.41) is 23.6. The molecule has 0 bridgehead atoms. The van der Waals surface area contributed by atoms with Crippen LogP contribution in [0.2, 0.25) is 5.02 Å². The molecular weight excluding hydrogens is 735 g/mol. The average Bonchev–Trinajstić information content (AvgIpc) is 3.56. The highest BCUT2D eigenvalue weighted by Crippen LogP contribution is 2.66. The van der Waals surface area contributed by atoms with E-state index in [1.165, 1.54) is 74.9 Å². The lowest BCUT2D eigenvalue weighted by Gasteiger charge is -2.51. The Morgan fingerprint density at radius 3 is 2.22 bits per heavy atom. The molecule has 15 heteroatoms. The Morgan fingerprint density at radius 1 is 0.909 bits per heavy atom. The van der Waals surface area contributed by atoms with E-state index in [2.05, 4.69) is 5.43 Å². The van der Waals surface area contributed by atoms with Crippen LogP contribution >= 0.6 is 11.6 Å². The summed E-state index contributed by atoms with van der Waals surface area (Å²) in [5.41, 5.74) is 2.45. The van der Waals surface area contributed by atoms with E-state index < -0.39 is 69.4 Å². The van der Waals surface area contributed by atoms with Crippen LogP contribution in [0.15, 0.2) is 96.6 Å². The van der Waals surface area contributed by atoms with Crippen LogP contribution in [-0.4, -0.2) is 52.9 Å². The standard InChI is InChI=1S/C40H32ClFN4O9/c1-54-31-17-26(47)18-32(55-2)34(31)35-27-14-15-28-33(38(50)44(36(28)48)24-4-3-5-25(16-24)46(52)53)29(27)19-30-37(49)45(43-23-12-10-22(42)11-13-23)39(51)40(30,35)20-6-8-21(41)9-7-20/h3-14,16-18,28-30,33,35,43,47H,15,19H2,1-2H3/t28-,29+,30-,33-,35+,40+/m0/s1. The van der Waals surface area contributed by atoms with E-state index in [-0.39, 0.29) is 47.2 Å². The maximum atomic E-state index is 15.4. The number of fused-ring (bicyclic) bond motifs is 4. The fourth-order valence-electron chi connectivity index (χ4n) is 9.18. The molecule has 0 unspecified atom stereocenters. The largest absolute Gasteiger partial charge is 0.508 e. The van der Waals surface area contributed by atoms with Crippen molar-refractivity contribution < 1.29 is 43.1 Å². The van der Waals surface area contributed by atoms with E-state index in [1.807, 2.05) is 6.08 Å². The number of carbonyl (C=O) groups is 4. The summed E-state index contributed by atoms with van der Waals surface area (Å²) in [5.74, 6) is -7.80. The maximum Gasteiger partial charge on any atom is 0.271 e. The molecule has 2 saturated heterocycles. The van der Waals surface area contributed by atoms with Gasteiger partial charge in [0.2, 0.25) is 11.8 Å². The third kappa shape index (κ3) is 5.34. The molecule has 4 aliphatic rings. The Kier molecular flexibility index (Phi) is 8.60. The number of amides is 4. The van der Waals surface area contributed by atoms with Crippen molar-refractivity contribution in [3.05, 3.63) is 129 Å². The zero-order valence-corrected chi connectivity index (χ0v) is 30.0. The molecule has 0 spiro atoms. The summed E-state index contributed by atoms with van der Waals surface area (Å²) in [4.78, 5) is 71.0. The quantitative estimate of drug-likeness (QED) is 0.0899. The molecule has 6 atom stereocenters. The second-order valence-electron chi connectivity index (χ2n) is 13.9. The van der Waals surface area contributed by atoms with Crippen LogP contribution in [0.3, 0.4) is 0 Å². The first-order chi connectivity index (χ1) is 26.4. The normalized spacial score (nSPS) is 25.6. The summed E-state index contributed by atoms with van der Waals surface area (Å²) in [6, 6.07) is 19.7. The number of benzene rings is 4. The van der Waals surface area contributed by atoms with E-state index in [4.69, 9.17) is 21.1 Å². The number of rotatable bonds is 8. The molecule has 4 aromatic carbocycles. The minimum Gasteiger partial charge on any atom is -0.508 e. The maximum absolute atomic E-state index is 15.4. The van der Waals surface area contributed by atoms with Crippen LogP contribution in [-0.2, 0) is 24.6 Å². The van der Waals surface area contributed by atoms with Crippen LogP contribution < -0.4 is 19.8 Å². The summed E-state index contributed by atoms with van der Waals surface area (Å²) < 4.78 is 25.6. The molecule has 55 heavy (non-hydrogen) atoms. The van der Waals surface area contributed by atoms with Crippen molar-refractivity contribution in [1.29, 1.82) is 0 Å². The number of nitrogens with zero attached hydrogens (tertiary/aromatic N) is 3. The molecule has 280 valence electrons. The first-order valence-electron chi connectivity index (χ1n) is 17.3. The number of hydrogen-bond acceptors (Lipinski definition) is 10. The van der Waals surface area contributed by atoms with E-state index in [9.17, 15) is 34.0 Å². The second-order valence-corrected chi connectivity index (χ2v) is 14.4. The van der Waals surface area contributed by atoms with Gasteiger partial charge in [0, 0.05) is 40.8 Å². The monoisotopic (exact) mass is 766 g/mol. The number of carbonyl (C=O) groups excluding carboxylic acids is 4. The van der Waals surface area contributed by atoms with Crippen molar-refractivity contribution in [2.24, 2.45) is 23.7 Å². The first kappa shape index (κ1) is 35.7. The number of methoxy groups -OCH3 is 2. The number of hydrogen-bond donors (Lipinski definition) is 2. The van der Waals surface area contributed by atoms with Gasteiger partial charge in [-0.15, -0.1) is 0 Å². The smallest absolute Gasteiger partial charge is 0.271 e. The van der Waals surface area contributed by atoms with E-state index in [0.717, 1.165) is 9.91 Å². The number of nitrogens with one attached hydrogen (secondary N) is 1. The van der Waals surface area contributed by atoms with Gasteiger partial charge < -0.3 is 14.6 Å². The minimum absolute atomic E-state index is 0.0479. The molecule has 13 nitrogen and oxygen atoms in total. The summed E-state index contributed by atoms with van der Waals surface area (Å²) in [6.45, 7) is 0. The summed E-state index contributed by atoms with van der Waals surface area (Å²) in [6.07, 6.45) is 1.85. The van der Waals surface area contributed by atoms with Gasteiger partial charge in [-0.25, -0.2) is 9.29 Å². The number of ether oxygens (including phenoxy) is 2. The predicted molar refractivity (Wildman–Crippen MR) is 196 cm³/mol. The molecule has 4 amide bonds. The van der Waals surface area contributed by atoms with Gasteiger partial charge in [-0.05, 0) is 66.8 Å². The lowest BCUT2D eigenvalue weighted by Crippen LogP contribution is -2.53. The third-order valence-corrected chi connectivity index (χ3v) is 11.6. The molecule has 2 N–H and O–H groups in total. The highest BCUT2D eigenvalue weighted by atomic mass is 35.5. The Balaban J connectivity index is 1.36. The number of nitro benzene ring substituents is 1. The number of nitro groups is 1. The van der Waals surface area contributed by atoms with Gasteiger partial charge in [0.05, 0.1) is 53.7 Å². The highest BCUT2D eigenvalue weighted by Gasteiger charge is 2.71. The molecule has 2 heterocycles. The van der Waals surface area contributed by atoms with Gasteiger partial charge >= 0.3 is 0 Å². The summed E-state index contributed by atoms with van der Waals surface area (Å²) >= 11 is 6.37. The van der Waals surface area contributed by atoms with Crippen molar-refractivity contribution in [2.45, 2.75) is 24.2 Å². The van der Waals surface area contributed by atoms with Gasteiger partial charge in [0.25, 0.3) is 17.5 Å². The number of allylic oxidation sites excluding steroid dienone is 2.